The number of aliphatic imine (C=N–C) groups is 1. The van der Waals surface area contributed by atoms with Crippen LogP contribution in [0, 0.1) is 11.8 Å². The fourth-order valence-corrected chi connectivity index (χ4v) is 4.53. The third kappa shape index (κ3) is 13.9. The summed E-state index contributed by atoms with van der Waals surface area (Å²) in [7, 11) is 0. The molecule has 0 radical (unpaired) electrons. The maximum Gasteiger partial charge on any atom is 0.468 e. The Hall–Kier alpha value is -2.41. The molecule has 256 valence electrons. The van der Waals surface area contributed by atoms with Gasteiger partial charge < -0.3 is 28.4 Å². The van der Waals surface area contributed by atoms with Gasteiger partial charge in [0.1, 0.15) is 24.4 Å². The lowest BCUT2D eigenvalue weighted by Gasteiger charge is -2.45. The summed E-state index contributed by atoms with van der Waals surface area (Å²) in [4.78, 5) is 6.61. The number of halogens is 3. The summed E-state index contributed by atoms with van der Waals surface area (Å²) >= 11 is 0. The Balaban J connectivity index is 2.45. The molecule has 0 amide bonds. The number of para-hydroxylation sites is 1. The van der Waals surface area contributed by atoms with Gasteiger partial charge in [-0.2, -0.15) is 13.2 Å². The van der Waals surface area contributed by atoms with Crippen LogP contribution >= 0.6 is 0 Å². The van der Waals surface area contributed by atoms with Crippen LogP contribution in [0.2, 0.25) is 0 Å². The number of nitrogens with zero attached hydrogens (tertiary/aromatic N) is 4. The van der Waals surface area contributed by atoms with E-state index < -0.39 is 42.8 Å². The standard InChI is InChI=1S/C32H51F3N4O6/c1-6-9-17-41-27-26(22-40-21-24(5)23(4)20-37-39-36)44-30(29(43-19-11-8-3)28(27)42-18-10-7-2)45-31(32(33,34)35)38-25-15-13-12-14-16-25/h12-16,23-24,26-30H,6-11,17-22H2,1-5H3/t23?,24?,26?,27-,28?,29-,30-/m0/s1. The van der Waals surface area contributed by atoms with Crippen LogP contribution < -0.4 is 0 Å². The number of hydrogen-bond donors (Lipinski definition) is 0. The second-order valence-electron chi connectivity index (χ2n) is 11.4. The topological polar surface area (TPSA) is 117 Å². The van der Waals surface area contributed by atoms with Crippen molar-refractivity contribution in [2.75, 3.05) is 39.6 Å². The maximum absolute atomic E-state index is 14.3. The average Bonchev–Trinajstić information content (AvgIpc) is 3.01. The minimum absolute atomic E-state index is 0.0156. The zero-order chi connectivity index (χ0) is 33.1. The van der Waals surface area contributed by atoms with Crippen LogP contribution in [0.15, 0.2) is 40.4 Å². The summed E-state index contributed by atoms with van der Waals surface area (Å²) in [6.45, 7) is 11.7. The molecule has 10 nitrogen and oxygen atoms in total. The van der Waals surface area contributed by atoms with Gasteiger partial charge in [-0.1, -0.05) is 77.2 Å². The molecule has 1 fully saturated rings. The Morgan fingerprint density at radius 1 is 0.889 bits per heavy atom. The van der Waals surface area contributed by atoms with Crippen molar-refractivity contribution in [2.24, 2.45) is 21.9 Å². The van der Waals surface area contributed by atoms with Gasteiger partial charge in [0.05, 0.1) is 12.3 Å². The molecular formula is C32H51F3N4O6. The molecule has 1 aliphatic rings. The third-order valence-electron chi connectivity index (χ3n) is 7.54. The zero-order valence-electron chi connectivity index (χ0n) is 27.3. The number of azide groups is 1. The van der Waals surface area contributed by atoms with Crippen LogP contribution in [0.5, 0.6) is 0 Å². The highest BCUT2D eigenvalue weighted by atomic mass is 19.4. The molecule has 1 aliphatic heterocycles. The van der Waals surface area contributed by atoms with Crippen molar-refractivity contribution >= 4 is 11.6 Å². The predicted octanol–water partition coefficient (Wildman–Crippen LogP) is 8.18. The molecule has 1 aromatic carbocycles. The first kappa shape index (κ1) is 38.8. The molecule has 1 saturated heterocycles. The van der Waals surface area contributed by atoms with Gasteiger partial charge in [0.25, 0.3) is 5.90 Å². The van der Waals surface area contributed by atoms with E-state index in [1.165, 1.54) is 12.1 Å². The monoisotopic (exact) mass is 644 g/mol. The van der Waals surface area contributed by atoms with Gasteiger partial charge >= 0.3 is 6.18 Å². The second-order valence-corrected chi connectivity index (χ2v) is 11.4. The van der Waals surface area contributed by atoms with E-state index in [9.17, 15) is 13.2 Å². The summed E-state index contributed by atoms with van der Waals surface area (Å²) in [6, 6.07) is 7.80. The summed E-state index contributed by atoms with van der Waals surface area (Å²) in [5.74, 6) is -1.34. The van der Waals surface area contributed by atoms with E-state index in [1.54, 1.807) is 18.2 Å². The van der Waals surface area contributed by atoms with Crippen LogP contribution in [0.1, 0.15) is 73.1 Å². The zero-order valence-corrected chi connectivity index (χ0v) is 27.3. The first-order chi connectivity index (χ1) is 21.7. The quantitative estimate of drug-likeness (QED) is 0.0333. The first-order valence-corrected chi connectivity index (χ1v) is 16.1. The lowest BCUT2D eigenvalue weighted by atomic mass is 9.96. The first-order valence-electron chi connectivity index (χ1n) is 16.1. The van der Waals surface area contributed by atoms with Gasteiger partial charge in [-0.15, -0.1) is 0 Å². The minimum Gasteiger partial charge on any atom is -0.441 e. The molecule has 0 aliphatic carbocycles. The molecule has 0 spiro atoms. The Bertz CT molecular complexity index is 1010. The number of hydrogen-bond acceptors (Lipinski definition) is 8. The smallest absolute Gasteiger partial charge is 0.441 e. The average molecular weight is 645 g/mol. The van der Waals surface area contributed by atoms with Crippen molar-refractivity contribution < 1.29 is 41.6 Å². The molecule has 13 heteroatoms. The van der Waals surface area contributed by atoms with E-state index in [0.29, 0.717) is 32.8 Å². The SMILES string of the molecule is CCCCOC1[C@@H](OCCCC)C(COCC(C)C(C)CN=[N+]=[N-])O[C@@H](OC(=Nc2ccccc2)C(F)(F)F)[C@H]1OCCCC. The predicted molar refractivity (Wildman–Crippen MR) is 166 cm³/mol. The van der Waals surface area contributed by atoms with Gasteiger partial charge in [0, 0.05) is 37.9 Å². The van der Waals surface area contributed by atoms with Gasteiger partial charge in [-0.05, 0) is 48.8 Å². The number of alkyl halides is 3. The van der Waals surface area contributed by atoms with E-state index in [-0.39, 0.29) is 30.7 Å². The Labute approximate surface area is 265 Å². The van der Waals surface area contributed by atoms with Crippen LogP contribution in [0.4, 0.5) is 18.9 Å². The number of unbranched alkanes of at least 4 members (excludes halogenated alkanes) is 3. The largest absolute Gasteiger partial charge is 0.468 e. The van der Waals surface area contributed by atoms with Crippen molar-refractivity contribution in [2.45, 2.75) is 110 Å². The third-order valence-corrected chi connectivity index (χ3v) is 7.54. The Kier molecular flexibility index (Phi) is 18.4. The molecule has 0 bridgehead atoms. The fraction of sp³-hybridized carbons (Fsp3) is 0.781. The molecule has 1 aromatic rings. The molecule has 4 unspecified atom stereocenters. The lowest BCUT2D eigenvalue weighted by Crippen LogP contribution is -2.62. The highest BCUT2D eigenvalue weighted by molar-refractivity contribution is 5.84. The van der Waals surface area contributed by atoms with E-state index in [4.69, 9.17) is 34.0 Å². The molecule has 45 heavy (non-hydrogen) atoms. The van der Waals surface area contributed by atoms with Crippen molar-refractivity contribution in [3.05, 3.63) is 40.8 Å². The van der Waals surface area contributed by atoms with Crippen LogP contribution in [-0.2, 0) is 28.4 Å². The van der Waals surface area contributed by atoms with Gasteiger partial charge in [-0.25, -0.2) is 4.99 Å². The van der Waals surface area contributed by atoms with Gasteiger partial charge in [0.2, 0.25) is 6.29 Å². The van der Waals surface area contributed by atoms with Crippen molar-refractivity contribution in [3.8, 4) is 0 Å². The normalized spacial score (nSPS) is 23.7. The molecule has 2 rings (SSSR count). The molecule has 0 N–H and O–H groups in total. The second kappa shape index (κ2) is 21.4. The fourth-order valence-electron chi connectivity index (χ4n) is 4.53. The van der Waals surface area contributed by atoms with E-state index >= 15 is 0 Å². The Morgan fingerprint density at radius 2 is 1.47 bits per heavy atom. The molecule has 1 heterocycles. The molecule has 0 aromatic heterocycles. The minimum atomic E-state index is -4.90. The highest BCUT2D eigenvalue weighted by Crippen LogP contribution is 2.33. The van der Waals surface area contributed by atoms with E-state index in [0.717, 1.165) is 32.1 Å². The van der Waals surface area contributed by atoms with Crippen LogP contribution in [0.3, 0.4) is 0 Å². The van der Waals surface area contributed by atoms with Crippen molar-refractivity contribution in [1.29, 1.82) is 0 Å². The van der Waals surface area contributed by atoms with Crippen molar-refractivity contribution in [3.63, 3.8) is 0 Å². The summed E-state index contributed by atoms with van der Waals surface area (Å²) < 4.78 is 79.7. The van der Waals surface area contributed by atoms with E-state index in [1.807, 2.05) is 34.6 Å². The Morgan fingerprint density at radius 3 is 2.02 bits per heavy atom. The molecular weight excluding hydrogens is 593 g/mol. The lowest BCUT2D eigenvalue weighted by molar-refractivity contribution is -0.311. The number of rotatable bonds is 21. The van der Waals surface area contributed by atoms with E-state index in [2.05, 4.69) is 15.0 Å². The number of ether oxygens (including phenoxy) is 6. The number of benzene rings is 1. The van der Waals surface area contributed by atoms with Crippen LogP contribution in [0.25, 0.3) is 10.4 Å². The van der Waals surface area contributed by atoms with Gasteiger partial charge in [-0.3, -0.25) is 0 Å². The molecule has 7 atom stereocenters. The van der Waals surface area contributed by atoms with Crippen molar-refractivity contribution in [1.82, 2.24) is 0 Å². The van der Waals surface area contributed by atoms with Crippen LogP contribution in [-0.4, -0.2) is 82.4 Å². The summed E-state index contributed by atoms with van der Waals surface area (Å²) in [5.41, 5.74) is 8.74. The summed E-state index contributed by atoms with van der Waals surface area (Å²) in [6.07, 6.45) is -4.92. The van der Waals surface area contributed by atoms with Gasteiger partial charge in [0.15, 0.2) is 0 Å². The molecule has 0 saturated carbocycles. The summed E-state index contributed by atoms with van der Waals surface area (Å²) in [5, 5.41) is 3.65. The highest BCUT2D eigenvalue weighted by Gasteiger charge is 2.52. The maximum atomic E-state index is 14.3.